The molecule has 0 radical (unpaired) electrons. The molecule has 1 aliphatic rings. The zero-order valence-electron chi connectivity index (χ0n) is 17.8. The van der Waals surface area contributed by atoms with Crippen LogP contribution in [0.25, 0.3) is 10.9 Å². The Morgan fingerprint density at radius 3 is 2.66 bits per heavy atom. The van der Waals surface area contributed by atoms with Gasteiger partial charge in [-0.25, -0.2) is 0 Å². The van der Waals surface area contributed by atoms with Gasteiger partial charge in [-0.15, -0.1) is 0 Å². The van der Waals surface area contributed by atoms with Crippen molar-refractivity contribution in [2.45, 2.75) is 52.5 Å². The topological polar surface area (TPSA) is 69.2 Å². The summed E-state index contributed by atoms with van der Waals surface area (Å²) in [7, 11) is 0. The number of aromatic hydroxyl groups is 1. The number of H-pyrrole nitrogens is 1. The first-order valence-corrected chi connectivity index (χ1v) is 10.2. The minimum absolute atomic E-state index is 0.00552. The maximum atomic E-state index is 13.4. The van der Waals surface area contributed by atoms with Gasteiger partial charge < -0.3 is 10.0 Å². The first-order chi connectivity index (χ1) is 13.7. The van der Waals surface area contributed by atoms with Crippen LogP contribution in [0, 0.1) is 12.3 Å². The second kappa shape index (κ2) is 6.61. The van der Waals surface area contributed by atoms with Gasteiger partial charge in [0.05, 0.1) is 5.52 Å². The average molecular weight is 392 g/mol. The summed E-state index contributed by atoms with van der Waals surface area (Å²) in [6, 6.07) is 13.5. The number of para-hydroxylation sites is 1. The van der Waals surface area contributed by atoms with E-state index in [9.17, 15) is 9.90 Å². The van der Waals surface area contributed by atoms with E-state index in [1.54, 1.807) is 6.07 Å². The number of aromatic amines is 1. The van der Waals surface area contributed by atoms with Crippen LogP contribution in [0.1, 0.15) is 55.7 Å². The van der Waals surface area contributed by atoms with Crippen molar-refractivity contribution in [1.29, 1.82) is 0 Å². The summed E-state index contributed by atoms with van der Waals surface area (Å²) >= 11 is 0. The number of aromatic nitrogens is 2. The molecule has 152 valence electrons. The molecule has 0 bridgehead atoms. The highest BCUT2D eigenvalue weighted by Gasteiger charge is 2.52. The van der Waals surface area contributed by atoms with Crippen LogP contribution in [-0.4, -0.2) is 38.7 Å². The zero-order valence-corrected chi connectivity index (χ0v) is 17.8. The number of piperidine rings is 1. The van der Waals surface area contributed by atoms with Crippen LogP contribution in [0.4, 0.5) is 0 Å². The highest BCUT2D eigenvalue weighted by molar-refractivity contribution is 6.04. The Labute approximate surface area is 171 Å². The van der Waals surface area contributed by atoms with Crippen LogP contribution < -0.4 is 0 Å². The first-order valence-electron chi connectivity index (χ1n) is 10.2. The van der Waals surface area contributed by atoms with E-state index in [2.05, 4.69) is 44.0 Å². The Hall–Kier alpha value is -2.82. The summed E-state index contributed by atoms with van der Waals surface area (Å²) in [5.74, 6) is 0.298. The standard InChI is InChI=1S/C24H29N3O2/c1-15-18(10-8-12-20(15)28)24(5)13-14-27(16(2)23(24,3)4)22(29)21-17-9-6-7-11-19(17)25-26-21/h6-12,16,28H,13-14H2,1-5H3,(H,25,26)/t16-,24+/m1/s1. The fourth-order valence-corrected chi connectivity index (χ4v) is 4.95. The van der Waals surface area contributed by atoms with Gasteiger partial charge in [-0.2, -0.15) is 5.10 Å². The van der Waals surface area contributed by atoms with Crippen molar-refractivity contribution in [3.8, 4) is 5.75 Å². The molecule has 1 aromatic heterocycles. The Morgan fingerprint density at radius 2 is 1.90 bits per heavy atom. The molecule has 1 amide bonds. The molecule has 4 rings (SSSR count). The lowest BCUT2D eigenvalue weighted by molar-refractivity contribution is -0.0102. The van der Waals surface area contributed by atoms with Gasteiger partial charge in [0.25, 0.3) is 5.91 Å². The van der Waals surface area contributed by atoms with E-state index >= 15 is 0 Å². The molecule has 29 heavy (non-hydrogen) atoms. The molecular weight excluding hydrogens is 362 g/mol. The van der Waals surface area contributed by atoms with Crippen molar-refractivity contribution in [3.63, 3.8) is 0 Å². The van der Waals surface area contributed by atoms with Gasteiger partial charge in [0.1, 0.15) is 5.75 Å². The van der Waals surface area contributed by atoms with Gasteiger partial charge in [0.15, 0.2) is 5.69 Å². The second-order valence-corrected chi connectivity index (χ2v) is 9.05. The quantitative estimate of drug-likeness (QED) is 0.659. The molecular formula is C24H29N3O2. The molecule has 0 saturated carbocycles. The number of rotatable bonds is 2. The molecule has 1 fully saturated rings. The zero-order chi connectivity index (χ0) is 21.0. The van der Waals surface area contributed by atoms with Crippen LogP contribution in [0.3, 0.4) is 0 Å². The number of carbonyl (C=O) groups excluding carboxylic acids is 1. The molecule has 3 aromatic rings. The molecule has 0 spiro atoms. The van der Waals surface area contributed by atoms with E-state index < -0.39 is 0 Å². The van der Waals surface area contributed by atoms with E-state index in [0.29, 0.717) is 18.0 Å². The molecule has 0 aliphatic carbocycles. The fourth-order valence-electron chi connectivity index (χ4n) is 4.95. The Balaban J connectivity index is 1.71. The summed E-state index contributed by atoms with van der Waals surface area (Å²) in [6.07, 6.45) is 0.822. The highest BCUT2D eigenvalue weighted by Crippen LogP contribution is 2.52. The van der Waals surface area contributed by atoms with Crippen LogP contribution in [0.2, 0.25) is 0 Å². The fraction of sp³-hybridized carbons (Fsp3) is 0.417. The molecule has 2 aromatic carbocycles. The van der Waals surface area contributed by atoms with Crippen molar-refractivity contribution in [1.82, 2.24) is 15.1 Å². The number of nitrogens with one attached hydrogen (secondary N) is 1. The lowest BCUT2D eigenvalue weighted by Crippen LogP contribution is -2.60. The number of carbonyl (C=O) groups is 1. The van der Waals surface area contributed by atoms with Crippen molar-refractivity contribution < 1.29 is 9.90 Å². The molecule has 2 atom stereocenters. The lowest BCUT2D eigenvalue weighted by atomic mass is 9.55. The smallest absolute Gasteiger partial charge is 0.275 e. The maximum Gasteiger partial charge on any atom is 0.275 e. The maximum absolute atomic E-state index is 13.4. The molecule has 2 N–H and O–H groups in total. The minimum atomic E-state index is -0.203. The van der Waals surface area contributed by atoms with Gasteiger partial charge in [0.2, 0.25) is 0 Å². The molecule has 0 unspecified atom stereocenters. The van der Waals surface area contributed by atoms with Gasteiger partial charge >= 0.3 is 0 Å². The number of hydrogen-bond donors (Lipinski definition) is 2. The van der Waals surface area contributed by atoms with Gasteiger partial charge in [0, 0.05) is 23.4 Å². The first kappa shape index (κ1) is 19.5. The Kier molecular flexibility index (Phi) is 4.45. The normalized spacial score (nSPS) is 24.0. The molecule has 1 saturated heterocycles. The summed E-state index contributed by atoms with van der Waals surface area (Å²) in [5.41, 5.74) is 3.08. The molecule has 5 nitrogen and oxygen atoms in total. The molecule has 1 aliphatic heterocycles. The third-order valence-corrected chi connectivity index (χ3v) is 7.62. The summed E-state index contributed by atoms with van der Waals surface area (Å²) in [5, 5.41) is 18.4. The number of nitrogens with zero attached hydrogens (tertiary/aromatic N) is 2. The van der Waals surface area contributed by atoms with Crippen LogP contribution >= 0.6 is 0 Å². The van der Waals surface area contributed by atoms with E-state index in [-0.39, 0.29) is 22.8 Å². The summed E-state index contributed by atoms with van der Waals surface area (Å²) < 4.78 is 0. The van der Waals surface area contributed by atoms with Crippen LogP contribution in [0.5, 0.6) is 5.75 Å². The number of benzene rings is 2. The predicted octanol–water partition coefficient (Wildman–Crippen LogP) is 4.80. The lowest BCUT2D eigenvalue weighted by Gasteiger charge is -2.56. The number of hydrogen-bond acceptors (Lipinski definition) is 3. The minimum Gasteiger partial charge on any atom is -0.508 e. The summed E-state index contributed by atoms with van der Waals surface area (Å²) in [6.45, 7) is 11.5. The van der Waals surface area contributed by atoms with Crippen molar-refractivity contribution in [2.24, 2.45) is 5.41 Å². The third-order valence-electron chi connectivity index (χ3n) is 7.62. The third kappa shape index (κ3) is 2.75. The van der Waals surface area contributed by atoms with E-state index in [1.807, 2.05) is 42.2 Å². The largest absolute Gasteiger partial charge is 0.508 e. The van der Waals surface area contributed by atoms with Gasteiger partial charge in [-0.1, -0.05) is 51.1 Å². The second-order valence-electron chi connectivity index (χ2n) is 9.05. The molecule has 2 heterocycles. The Bertz CT molecular complexity index is 1080. The van der Waals surface area contributed by atoms with E-state index in [4.69, 9.17) is 0 Å². The number of phenolic OH excluding ortho intramolecular Hbond substituents is 1. The monoisotopic (exact) mass is 391 g/mol. The van der Waals surface area contributed by atoms with Crippen LogP contribution in [-0.2, 0) is 5.41 Å². The van der Waals surface area contributed by atoms with Crippen molar-refractivity contribution in [2.75, 3.05) is 6.54 Å². The average Bonchev–Trinajstić information content (AvgIpc) is 3.12. The number of amides is 1. The molecule has 5 heteroatoms. The summed E-state index contributed by atoms with van der Waals surface area (Å²) in [4.78, 5) is 15.4. The Morgan fingerprint density at radius 1 is 1.17 bits per heavy atom. The van der Waals surface area contributed by atoms with E-state index in [0.717, 1.165) is 28.5 Å². The van der Waals surface area contributed by atoms with Crippen molar-refractivity contribution >= 4 is 16.8 Å². The van der Waals surface area contributed by atoms with E-state index in [1.165, 1.54) is 0 Å². The van der Waals surface area contributed by atoms with Crippen LogP contribution in [0.15, 0.2) is 42.5 Å². The van der Waals surface area contributed by atoms with Gasteiger partial charge in [-0.3, -0.25) is 9.89 Å². The highest BCUT2D eigenvalue weighted by atomic mass is 16.3. The number of likely N-dealkylation sites (tertiary alicyclic amines) is 1. The number of phenols is 1. The van der Waals surface area contributed by atoms with Crippen molar-refractivity contribution in [3.05, 3.63) is 59.3 Å². The van der Waals surface area contributed by atoms with Gasteiger partial charge in [-0.05, 0) is 48.9 Å². The SMILES string of the molecule is Cc1c(O)cccc1[C@]1(C)CCN(C(=O)c2n[nH]c3ccccc23)[C@H](C)C1(C)C. The predicted molar refractivity (Wildman–Crippen MR) is 115 cm³/mol. The number of fused-ring (bicyclic) bond motifs is 1.